The molecular formula is C13H10N6O4. The summed E-state index contributed by atoms with van der Waals surface area (Å²) in [6, 6.07) is 3.33. The van der Waals surface area contributed by atoms with E-state index < -0.39 is 36.0 Å². The minimum atomic E-state index is -1.67. The molecule has 2 unspecified atom stereocenters. The Balaban J connectivity index is 2.37. The number of benzene rings is 1. The highest BCUT2D eigenvalue weighted by Gasteiger charge is 2.30. The zero-order valence-electron chi connectivity index (χ0n) is 11.7. The van der Waals surface area contributed by atoms with Crippen molar-refractivity contribution >= 4 is 17.5 Å². The summed E-state index contributed by atoms with van der Waals surface area (Å²) in [6.45, 7) is 0. The summed E-state index contributed by atoms with van der Waals surface area (Å²) >= 11 is 0. The largest absolute Gasteiger partial charge is 0.475 e. The van der Waals surface area contributed by atoms with Gasteiger partial charge in [-0.25, -0.2) is 4.79 Å². The van der Waals surface area contributed by atoms with Crippen LogP contribution in [-0.2, 0) is 9.59 Å². The Labute approximate surface area is 129 Å². The number of aliphatic carboxylic acids is 1. The summed E-state index contributed by atoms with van der Waals surface area (Å²) in [5.41, 5.74) is 18.5. The number of hydrogen-bond donors (Lipinski definition) is 1. The standard InChI is InChI=1S/C13H10N6O4/c14-18-16-9-4-10(17-19-15)8-3-6(1-2-7(8)9)11(20)5-12(21)13(22)23/h1-3,9-10H,4-5H2,(H,22,23). The van der Waals surface area contributed by atoms with Crippen LogP contribution in [0.3, 0.4) is 0 Å². The van der Waals surface area contributed by atoms with Crippen LogP contribution in [0.15, 0.2) is 28.4 Å². The van der Waals surface area contributed by atoms with Crippen LogP contribution in [0.1, 0.15) is 46.4 Å². The van der Waals surface area contributed by atoms with Crippen LogP contribution >= 0.6 is 0 Å². The molecule has 1 aromatic rings. The molecule has 1 aliphatic carbocycles. The molecule has 2 rings (SSSR count). The number of ketones is 2. The van der Waals surface area contributed by atoms with Gasteiger partial charge in [0.25, 0.3) is 0 Å². The Morgan fingerprint density at radius 3 is 2.30 bits per heavy atom. The van der Waals surface area contributed by atoms with Crippen molar-refractivity contribution in [2.45, 2.75) is 24.9 Å². The van der Waals surface area contributed by atoms with Crippen molar-refractivity contribution in [2.75, 3.05) is 0 Å². The van der Waals surface area contributed by atoms with Crippen molar-refractivity contribution in [3.05, 3.63) is 55.8 Å². The highest BCUT2D eigenvalue weighted by molar-refractivity contribution is 6.37. The second-order valence-corrected chi connectivity index (χ2v) is 4.85. The minimum absolute atomic E-state index is 0.137. The Morgan fingerprint density at radius 1 is 1.13 bits per heavy atom. The second kappa shape index (κ2) is 6.61. The fourth-order valence-corrected chi connectivity index (χ4v) is 2.47. The fraction of sp³-hybridized carbons (Fsp3) is 0.308. The van der Waals surface area contributed by atoms with E-state index in [9.17, 15) is 14.4 Å². The lowest BCUT2D eigenvalue weighted by Gasteiger charge is -2.07. The number of carbonyl (C=O) groups is 3. The van der Waals surface area contributed by atoms with Crippen LogP contribution in [0.2, 0.25) is 0 Å². The fourth-order valence-electron chi connectivity index (χ4n) is 2.47. The number of rotatable bonds is 6. The van der Waals surface area contributed by atoms with Crippen molar-refractivity contribution < 1.29 is 19.5 Å². The highest BCUT2D eigenvalue weighted by atomic mass is 16.4. The van der Waals surface area contributed by atoms with Crippen LogP contribution in [-0.4, -0.2) is 22.6 Å². The Kier molecular flexibility index (Phi) is 4.61. The smallest absolute Gasteiger partial charge is 0.372 e. The third-order valence-electron chi connectivity index (χ3n) is 3.51. The van der Waals surface area contributed by atoms with Gasteiger partial charge < -0.3 is 5.11 Å². The van der Waals surface area contributed by atoms with Gasteiger partial charge >= 0.3 is 5.97 Å². The molecule has 10 heteroatoms. The zero-order valence-corrected chi connectivity index (χ0v) is 11.7. The quantitative estimate of drug-likeness (QED) is 0.212. The molecule has 0 amide bonds. The molecule has 116 valence electrons. The summed E-state index contributed by atoms with van der Waals surface area (Å²) < 4.78 is 0. The van der Waals surface area contributed by atoms with E-state index in [1.807, 2.05) is 0 Å². The lowest BCUT2D eigenvalue weighted by molar-refractivity contribution is -0.148. The van der Waals surface area contributed by atoms with E-state index in [0.29, 0.717) is 11.1 Å². The first-order valence-corrected chi connectivity index (χ1v) is 6.49. The van der Waals surface area contributed by atoms with Gasteiger partial charge in [0, 0.05) is 15.4 Å². The Morgan fingerprint density at radius 2 is 1.74 bits per heavy atom. The van der Waals surface area contributed by atoms with Gasteiger partial charge in [0.1, 0.15) is 0 Å². The number of hydrogen-bond acceptors (Lipinski definition) is 5. The molecule has 0 bridgehead atoms. The molecule has 1 aliphatic rings. The molecular weight excluding hydrogens is 304 g/mol. The summed E-state index contributed by atoms with van der Waals surface area (Å²) in [5.74, 6) is -3.52. The third-order valence-corrected chi connectivity index (χ3v) is 3.51. The summed E-state index contributed by atoms with van der Waals surface area (Å²) in [5, 5.41) is 15.8. The molecule has 0 saturated heterocycles. The normalized spacial score (nSPS) is 18.3. The maximum atomic E-state index is 12.0. The number of carbonyl (C=O) groups excluding carboxylic acids is 2. The molecule has 0 spiro atoms. The minimum Gasteiger partial charge on any atom is -0.475 e. The average Bonchev–Trinajstić information content (AvgIpc) is 2.85. The molecule has 23 heavy (non-hydrogen) atoms. The van der Waals surface area contributed by atoms with Crippen molar-refractivity contribution in [3.8, 4) is 0 Å². The Bertz CT molecular complexity index is 792. The monoisotopic (exact) mass is 314 g/mol. The first-order valence-electron chi connectivity index (χ1n) is 6.49. The van der Waals surface area contributed by atoms with Gasteiger partial charge in [-0.15, -0.1) is 0 Å². The maximum Gasteiger partial charge on any atom is 0.372 e. The van der Waals surface area contributed by atoms with Crippen LogP contribution in [0.5, 0.6) is 0 Å². The maximum absolute atomic E-state index is 12.0. The topological polar surface area (TPSA) is 169 Å². The summed E-state index contributed by atoms with van der Waals surface area (Å²) in [7, 11) is 0. The van der Waals surface area contributed by atoms with E-state index in [-0.39, 0.29) is 12.0 Å². The van der Waals surface area contributed by atoms with Crippen LogP contribution in [0.4, 0.5) is 0 Å². The molecule has 0 fully saturated rings. The van der Waals surface area contributed by atoms with Crippen LogP contribution < -0.4 is 0 Å². The van der Waals surface area contributed by atoms with Crippen molar-refractivity contribution in [1.29, 1.82) is 0 Å². The molecule has 2 atom stereocenters. The van der Waals surface area contributed by atoms with E-state index in [4.69, 9.17) is 16.2 Å². The Hall–Kier alpha value is -3.35. The molecule has 1 aromatic carbocycles. The number of azide groups is 2. The van der Waals surface area contributed by atoms with E-state index in [1.165, 1.54) is 12.1 Å². The number of carboxylic acid groups (broad SMARTS) is 1. The van der Waals surface area contributed by atoms with Gasteiger partial charge in [-0.2, -0.15) is 0 Å². The predicted octanol–water partition coefficient (Wildman–Crippen LogP) is 3.02. The van der Waals surface area contributed by atoms with Gasteiger partial charge in [-0.3, -0.25) is 9.59 Å². The second-order valence-electron chi connectivity index (χ2n) is 4.85. The number of nitrogens with zero attached hydrogens (tertiary/aromatic N) is 6. The average molecular weight is 314 g/mol. The molecule has 0 aromatic heterocycles. The first kappa shape index (κ1) is 16.0. The van der Waals surface area contributed by atoms with Crippen molar-refractivity contribution in [1.82, 2.24) is 0 Å². The lowest BCUT2D eigenvalue weighted by atomic mass is 9.99. The van der Waals surface area contributed by atoms with Gasteiger partial charge in [-0.1, -0.05) is 22.4 Å². The van der Waals surface area contributed by atoms with Crippen LogP contribution in [0, 0.1) is 0 Å². The van der Waals surface area contributed by atoms with E-state index in [1.54, 1.807) is 6.07 Å². The molecule has 1 N–H and O–H groups in total. The van der Waals surface area contributed by atoms with Gasteiger partial charge in [0.15, 0.2) is 5.78 Å². The third kappa shape index (κ3) is 3.29. The number of fused-ring (bicyclic) bond motifs is 1. The first-order chi connectivity index (χ1) is 11.0. The van der Waals surface area contributed by atoms with Crippen LogP contribution in [0.25, 0.3) is 20.9 Å². The lowest BCUT2D eigenvalue weighted by Crippen LogP contribution is -2.17. The molecule has 0 radical (unpaired) electrons. The van der Waals surface area contributed by atoms with E-state index in [0.717, 1.165) is 0 Å². The SMILES string of the molecule is [N-]=[N+]=NC1CC(N=[N+]=[N-])c2cc(C(=O)CC(=O)C(=O)O)ccc21. The van der Waals surface area contributed by atoms with Gasteiger partial charge in [0.05, 0.1) is 18.5 Å². The number of Topliss-reactive ketones (excluding diaryl/α,β-unsaturated/α-hetero) is 2. The molecule has 10 nitrogen and oxygen atoms in total. The van der Waals surface area contributed by atoms with Gasteiger partial charge in [0.2, 0.25) is 5.78 Å². The van der Waals surface area contributed by atoms with E-state index >= 15 is 0 Å². The molecule has 0 aliphatic heterocycles. The number of carboxylic acids is 1. The summed E-state index contributed by atoms with van der Waals surface area (Å²) in [6.07, 6.45) is -0.463. The predicted molar refractivity (Wildman–Crippen MR) is 76.4 cm³/mol. The molecule has 0 heterocycles. The van der Waals surface area contributed by atoms with E-state index in [2.05, 4.69) is 20.1 Å². The highest BCUT2D eigenvalue weighted by Crippen LogP contribution is 2.43. The van der Waals surface area contributed by atoms with Crippen molar-refractivity contribution in [2.24, 2.45) is 10.2 Å². The van der Waals surface area contributed by atoms with Crippen molar-refractivity contribution in [3.63, 3.8) is 0 Å². The molecule has 0 saturated carbocycles. The summed E-state index contributed by atoms with van der Waals surface area (Å²) in [4.78, 5) is 39.1. The zero-order chi connectivity index (χ0) is 17.0. The van der Waals surface area contributed by atoms with Gasteiger partial charge in [-0.05, 0) is 34.7 Å².